The molecule has 1 N–H and O–H groups in total. The maximum atomic E-state index is 13.9. The maximum Gasteiger partial charge on any atom is 0.167 e. The van der Waals surface area contributed by atoms with Gasteiger partial charge < -0.3 is 10.1 Å². The van der Waals surface area contributed by atoms with E-state index < -0.39 is 0 Å². The molecular weight excluding hydrogens is 229 g/mol. The molecule has 0 saturated heterocycles. The second-order valence-electron chi connectivity index (χ2n) is 6.28. The Morgan fingerprint density at radius 2 is 2.00 bits per heavy atom. The molecule has 1 aliphatic carbocycles. The van der Waals surface area contributed by atoms with Crippen molar-refractivity contribution < 1.29 is 9.13 Å². The third kappa shape index (κ3) is 3.22. The number of benzene rings is 1. The highest BCUT2D eigenvalue weighted by atomic mass is 19.1. The van der Waals surface area contributed by atoms with Crippen LogP contribution in [0.15, 0.2) is 18.2 Å². The van der Waals surface area contributed by atoms with Crippen molar-refractivity contribution in [3.63, 3.8) is 0 Å². The lowest BCUT2D eigenvalue weighted by atomic mass is 10.1. The van der Waals surface area contributed by atoms with Crippen LogP contribution in [0.4, 0.5) is 4.39 Å². The van der Waals surface area contributed by atoms with Gasteiger partial charge in [-0.3, -0.25) is 0 Å². The Bertz CT molecular complexity index is 433. The van der Waals surface area contributed by atoms with E-state index in [2.05, 4.69) is 26.1 Å². The lowest BCUT2D eigenvalue weighted by Gasteiger charge is -2.26. The molecule has 0 atom stereocenters. The van der Waals surface area contributed by atoms with Gasteiger partial charge in [0.25, 0.3) is 0 Å². The van der Waals surface area contributed by atoms with Crippen molar-refractivity contribution in [1.82, 2.24) is 5.32 Å². The van der Waals surface area contributed by atoms with Crippen LogP contribution in [-0.4, -0.2) is 17.7 Å². The molecule has 2 nitrogen and oxygen atoms in total. The van der Waals surface area contributed by atoms with Gasteiger partial charge in [-0.25, -0.2) is 4.39 Å². The zero-order valence-electron chi connectivity index (χ0n) is 11.6. The summed E-state index contributed by atoms with van der Waals surface area (Å²) in [5, 5.41) is 3.43. The third-order valence-corrected chi connectivity index (χ3v) is 3.23. The molecule has 0 aromatic heterocycles. The summed E-state index contributed by atoms with van der Waals surface area (Å²) < 4.78 is 19.8. The van der Waals surface area contributed by atoms with E-state index in [1.165, 1.54) is 0 Å². The second kappa shape index (κ2) is 4.54. The SMILES string of the molecule is Cc1cccc(OC2(CNC(C)(C)C)CC2)c1F. The summed E-state index contributed by atoms with van der Waals surface area (Å²) in [6.45, 7) is 8.89. The molecule has 18 heavy (non-hydrogen) atoms. The molecule has 1 aromatic carbocycles. The summed E-state index contributed by atoms with van der Waals surface area (Å²) in [5.74, 6) is 0.141. The number of nitrogens with one attached hydrogen (secondary N) is 1. The van der Waals surface area contributed by atoms with Gasteiger partial charge in [0.05, 0.1) is 0 Å². The average Bonchev–Trinajstić information content (AvgIpc) is 3.02. The zero-order chi connectivity index (χ0) is 13.4. The van der Waals surface area contributed by atoms with Gasteiger partial charge in [-0.15, -0.1) is 0 Å². The number of hydrogen-bond donors (Lipinski definition) is 1. The zero-order valence-corrected chi connectivity index (χ0v) is 11.6. The van der Waals surface area contributed by atoms with Crippen LogP contribution in [0.1, 0.15) is 39.2 Å². The number of aryl methyl sites for hydroxylation is 1. The highest BCUT2D eigenvalue weighted by Crippen LogP contribution is 2.41. The van der Waals surface area contributed by atoms with E-state index in [4.69, 9.17) is 4.74 Å². The lowest BCUT2D eigenvalue weighted by molar-refractivity contribution is 0.157. The molecule has 0 aliphatic heterocycles. The summed E-state index contributed by atoms with van der Waals surface area (Å²) in [7, 11) is 0. The van der Waals surface area contributed by atoms with Crippen LogP contribution in [-0.2, 0) is 0 Å². The minimum Gasteiger partial charge on any atom is -0.483 e. The van der Waals surface area contributed by atoms with E-state index in [9.17, 15) is 4.39 Å². The fourth-order valence-electron chi connectivity index (χ4n) is 1.81. The van der Waals surface area contributed by atoms with Crippen LogP contribution in [0.5, 0.6) is 5.75 Å². The quantitative estimate of drug-likeness (QED) is 0.885. The average molecular weight is 251 g/mol. The highest BCUT2D eigenvalue weighted by molar-refractivity contribution is 5.31. The smallest absolute Gasteiger partial charge is 0.167 e. The number of ether oxygens (including phenoxy) is 1. The summed E-state index contributed by atoms with van der Waals surface area (Å²) in [6, 6.07) is 5.30. The van der Waals surface area contributed by atoms with E-state index in [0.29, 0.717) is 11.3 Å². The normalized spacial score (nSPS) is 17.6. The largest absolute Gasteiger partial charge is 0.483 e. The van der Waals surface area contributed by atoms with Gasteiger partial charge in [0.15, 0.2) is 11.6 Å². The molecule has 0 bridgehead atoms. The highest BCUT2D eigenvalue weighted by Gasteiger charge is 2.46. The molecule has 3 heteroatoms. The van der Waals surface area contributed by atoms with Crippen molar-refractivity contribution in [3.8, 4) is 5.75 Å². The van der Waals surface area contributed by atoms with Gasteiger partial charge in [0.2, 0.25) is 0 Å². The topological polar surface area (TPSA) is 21.3 Å². The Morgan fingerprint density at radius 3 is 2.56 bits per heavy atom. The molecule has 100 valence electrons. The minimum absolute atomic E-state index is 0.0596. The minimum atomic E-state index is -0.237. The monoisotopic (exact) mass is 251 g/mol. The van der Waals surface area contributed by atoms with Crippen LogP contribution in [0, 0.1) is 12.7 Å². The second-order valence-corrected chi connectivity index (χ2v) is 6.28. The summed E-state index contributed by atoms with van der Waals surface area (Å²) in [6.07, 6.45) is 1.98. The molecule has 2 rings (SSSR count). The lowest BCUT2D eigenvalue weighted by Crippen LogP contribution is -2.43. The standard InChI is InChI=1S/C15H22FNO/c1-11-6-5-7-12(13(11)16)18-15(8-9-15)10-17-14(2,3)4/h5-7,17H,8-10H2,1-4H3. The maximum absolute atomic E-state index is 13.9. The summed E-state index contributed by atoms with van der Waals surface area (Å²) >= 11 is 0. The van der Waals surface area contributed by atoms with Crippen molar-refractivity contribution >= 4 is 0 Å². The van der Waals surface area contributed by atoms with Crippen LogP contribution in [0.3, 0.4) is 0 Å². The Labute approximate surface area is 109 Å². The molecule has 0 amide bonds. The van der Waals surface area contributed by atoms with Crippen LogP contribution >= 0.6 is 0 Å². The summed E-state index contributed by atoms with van der Waals surface area (Å²) in [5.41, 5.74) is 0.485. The van der Waals surface area contributed by atoms with Crippen LogP contribution < -0.4 is 10.1 Å². The van der Waals surface area contributed by atoms with Crippen molar-refractivity contribution in [2.45, 2.75) is 51.7 Å². The molecule has 1 saturated carbocycles. The van der Waals surface area contributed by atoms with Crippen molar-refractivity contribution in [2.75, 3.05) is 6.54 Å². The first kappa shape index (κ1) is 13.3. The first-order valence-electron chi connectivity index (χ1n) is 6.51. The Balaban J connectivity index is 2.03. The molecule has 1 aromatic rings. The fourth-order valence-corrected chi connectivity index (χ4v) is 1.81. The number of rotatable bonds is 4. The van der Waals surface area contributed by atoms with Crippen LogP contribution in [0.2, 0.25) is 0 Å². The Kier molecular flexibility index (Phi) is 3.37. The third-order valence-electron chi connectivity index (χ3n) is 3.23. The fraction of sp³-hybridized carbons (Fsp3) is 0.600. The molecule has 1 aliphatic rings. The first-order chi connectivity index (χ1) is 8.31. The molecular formula is C15H22FNO. The number of halogens is 1. The molecule has 0 heterocycles. The van der Waals surface area contributed by atoms with Crippen molar-refractivity contribution in [2.24, 2.45) is 0 Å². The van der Waals surface area contributed by atoms with E-state index in [1.54, 1.807) is 19.1 Å². The summed E-state index contributed by atoms with van der Waals surface area (Å²) in [4.78, 5) is 0. The van der Waals surface area contributed by atoms with Crippen molar-refractivity contribution in [3.05, 3.63) is 29.6 Å². The van der Waals surface area contributed by atoms with Crippen LogP contribution in [0.25, 0.3) is 0 Å². The number of hydrogen-bond acceptors (Lipinski definition) is 2. The van der Waals surface area contributed by atoms with Gasteiger partial charge >= 0.3 is 0 Å². The van der Waals surface area contributed by atoms with Gasteiger partial charge in [0.1, 0.15) is 5.60 Å². The van der Waals surface area contributed by atoms with Gasteiger partial charge in [-0.05, 0) is 52.2 Å². The van der Waals surface area contributed by atoms with Gasteiger partial charge in [-0.2, -0.15) is 0 Å². The Hall–Kier alpha value is -1.09. The molecule has 0 spiro atoms. The predicted molar refractivity (Wildman–Crippen MR) is 71.5 cm³/mol. The first-order valence-corrected chi connectivity index (χ1v) is 6.51. The molecule has 1 fully saturated rings. The van der Waals surface area contributed by atoms with Crippen molar-refractivity contribution in [1.29, 1.82) is 0 Å². The Morgan fingerprint density at radius 1 is 1.33 bits per heavy atom. The molecule has 0 radical (unpaired) electrons. The van der Waals surface area contributed by atoms with E-state index in [0.717, 1.165) is 19.4 Å². The van der Waals surface area contributed by atoms with E-state index >= 15 is 0 Å². The van der Waals surface area contributed by atoms with Gasteiger partial charge in [-0.1, -0.05) is 12.1 Å². The van der Waals surface area contributed by atoms with Gasteiger partial charge in [0, 0.05) is 12.1 Å². The van der Waals surface area contributed by atoms with E-state index in [1.807, 2.05) is 6.07 Å². The van der Waals surface area contributed by atoms with E-state index in [-0.39, 0.29) is 17.0 Å². The molecule has 0 unspecified atom stereocenters. The predicted octanol–water partition coefficient (Wildman–Crippen LogP) is 3.43.